The number of nitrogens with zero attached hydrogens (tertiary/aromatic N) is 1. The Morgan fingerprint density at radius 1 is 1.41 bits per heavy atom. The highest BCUT2D eigenvalue weighted by Crippen LogP contribution is 2.15. The molecule has 0 spiro atoms. The van der Waals surface area contributed by atoms with Crippen LogP contribution >= 0.6 is 0 Å². The van der Waals surface area contributed by atoms with E-state index in [9.17, 15) is 9.59 Å². The topological polar surface area (TPSA) is 52.2 Å². The molecular formula is C13H15NO3. The van der Waals surface area contributed by atoms with Gasteiger partial charge in [-0.3, -0.25) is 4.79 Å². The van der Waals surface area contributed by atoms with Crippen LogP contribution in [0.4, 0.5) is 0 Å². The molecule has 0 N–H and O–H groups in total. The third kappa shape index (κ3) is 2.16. The standard InChI is InChI=1S/C13H15NO3/c1-8(2)7-14-12-6-10(9(3)15)4-5-11(12)13(16)17-14/h4-6,8H,7H2,1-3H3. The summed E-state index contributed by atoms with van der Waals surface area (Å²) in [5.41, 5.74) is 0.933. The van der Waals surface area contributed by atoms with E-state index in [1.807, 2.05) is 13.8 Å². The molecule has 1 aromatic heterocycles. The van der Waals surface area contributed by atoms with Gasteiger partial charge in [-0.25, -0.2) is 9.53 Å². The number of Topliss-reactive ketones (excluding diaryl/α,β-unsaturated/α-hetero) is 1. The van der Waals surface area contributed by atoms with Crippen molar-refractivity contribution in [2.24, 2.45) is 5.92 Å². The molecule has 1 heterocycles. The fraction of sp³-hybridized carbons (Fsp3) is 0.385. The lowest BCUT2D eigenvalue weighted by Gasteiger charge is -2.05. The lowest BCUT2D eigenvalue weighted by atomic mass is 10.1. The number of carbonyl (C=O) groups is 1. The van der Waals surface area contributed by atoms with Crippen LogP contribution in [0.5, 0.6) is 0 Å². The molecule has 4 nitrogen and oxygen atoms in total. The molecule has 4 heteroatoms. The van der Waals surface area contributed by atoms with Crippen molar-refractivity contribution in [1.29, 1.82) is 0 Å². The quantitative estimate of drug-likeness (QED) is 0.765. The normalized spacial score (nSPS) is 11.3. The SMILES string of the molecule is CC(=O)c1ccc2c(=O)on(CC(C)C)c2c1. The Kier molecular flexibility index (Phi) is 2.88. The monoisotopic (exact) mass is 233 g/mol. The van der Waals surface area contributed by atoms with E-state index >= 15 is 0 Å². The lowest BCUT2D eigenvalue weighted by Crippen LogP contribution is -2.04. The van der Waals surface area contributed by atoms with Crippen LogP contribution in [0.1, 0.15) is 31.1 Å². The first-order chi connectivity index (χ1) is 7.99. The number of aromatic nitrogens is 1. The molecule has 2 rings (SSSR count). The Morgan fingerprint density at radius 3 is 2.71 bits per heavy atom. The molecule has 0 saturated carbocycles. The zero-order chi connectivity index (χ0) is 12.6. The van der Waals surface area contributed by atoms with Crippen molar-refractivity contribution in [3.05, 3.63) is 34.2 Å². The second kappa shape index (κ2) is 4.20. The van der Waals surface area contributed by atoms with E-state index in [1.165, 1.54) is 6.92 Å². The zero-order valence-electron chi connectivity index (χ0n) is 10.2. The molecule has 2 aromatic rings. The minimum Gasteiger partial charge on any atom is -0.335 e. The van der Waals surface area contributed by atoms with E-state index < -0.39 is 0 Å². The van der Waals surface area contributed by atoms with Gasteiger partial charge in [-0.1, -0.05) is 19.9 Å². The Labute approximate surface area is 98.8 Å². The molecule has 0 fully saturated rings. The number of hydrogen-bond donors (Lipinski definition) is 0. The van der Waals surface area contributed by atoms with E-state index in [4.69, 9.17) is 4.52 Å². The third-order valence-electron chi connectivity index (χ3n) is 2.62. The molecule has 0 bridgehead atoms. The van der Waals surface area contributed by atoms with E-state index in [1.54, 1.807) is 22.9 Å². The second-order valence-electron chi connectivity index (χ2n) is 4.62. The molecule has 0 aliphatic carbocycles. The third-order valence-corrected chi connectivity index (χ3v) is 2.62. The summed E-state index contributed by atoms with van der Waals surface area (Å²) in [5.74, 6) is 0.353. The Hall–Kier alpha value is -1.84. The molecular weight excluding hydrogens is 218 g/mol. The first-order valence-electron chi connectivity index (χ1n) is 5.64. The summed E-state index contributed by atoms with van der Waals surface area (Å²) in [6, 6.07) is 5.01. The zero-order valence-corrected chi connectivity index (χ0v) is 10.2. The smallest absolute Gasteiger partial charge is 0.335 e. The van der Waals surface area contributed by atoms with Gasteiger partial charge in [-0.2, -0.15) is 0 Å². The van der Waals surface area contributed by atoms with Gasteiger partial charge in [0.25, 0.3) is 0 Å². The Bertz CT molecular complexity index is 619. The Balaban J connectivity index is 2.64. The first-order valence-corrected chi connectivity index (χ1v) is 5.64. The minimum absolute atomic E-state index is 0.0170. The molecule has 0 aliphatic rings. The molecule has 0 radical (unpaired) electrons. The fourth-order valence-corrected chi connectivity index (χ4v) is 1.80. The fourth-order valence-electron chi connectivity index (χ4n) is 1.80. The predicted octanol–water partition coefficient (Wildman–Crippen LogP) is 2.45. The molecule has 0 amide bonds. The summed E-state index contributed by atoms with van der Waals surface area (Å²) in [6.07, 6.45) is 0. The minimum atomic E-state index is -0.351. The van der Waals surface area contributed by atoms with Gasteiger partial charge in [-0.05, 0) is 25.0 Å². The van der Waals surface area contributed by atoms with Crippen molar-refractivity contribution in [2.45, 2.75) is 27.3 Å². The maximum absolute atomic E-state index is 11.6. The number of rotatable bonds is 3. The van der Waals surface area contributed by atoms with Crippen LogP contribution < -0.4 is 5.63 Å². The van der Waals surface area contributed by atoms with Gasteiger partial charge in [0, 0.05) is 5.56 Å². The summed E-state index contributed by atoms with van der Waals surface area (Å²) in [4.78, 5) is 22.9. The van der Waals surface area contributed by atoms with E-state index in [-0.39, 0.29) is 11.4 Å². The van der Waals surface area contributed by atoms with E-state index in [0.717, 1.165) is 0 Å². The molecule has 90 valence electrons. The number of ketones is 1. The van der Waals surface area contributed by atoms with Crippen LogP contribution in [0.3, 0.4) is 0 Å². The van der Waals surface area contributed by atoms with Crippen LogP contribution in [0.25, 0.3) is 10.9 Å². The van der Waals surface area contributed by atoms with Crippen molar-refractivity contribution in [1.82, 2.24) is 4.74 Å². The van der Waals surface area contributed by atoms with Gasteiger partial charge >= 0.3 is 5.63 Å². The van der Waals surface area contributed by atoms with Crippen molar-refractivity contribution in [3.63, 3.8) is 0 Å². The van der Waals surface area contributed by atoms with Gasteiger partial charge in [0.15, 0.2) is 5.78 Å². The summed E-state index contributed by atoms with van der Waals surface area (Å²) in [5, 5.41) is 0.524. The molecule has 1 aromatic carbocycles. The first kappa shape index (κ1) is 11.6. The van der Waals surface area contributed by atoms with E-state index in [2.05, 4.69) is 0 Å². The largest absolute Gasteiger partial charge is 0.365 e. The van der Waals surface area contributed by atoms with Crippen LogP contribution in [-0.4, -0.2) is 10.5 Å². The highest BCUT2D eigenvalue weighted by Gasteiger charge is 2.12. The molecule has 0 saturated heterocycles. The van der Waals surface area contributed by atoms with Gasteiger partial charge in [0.05, 0.1) is 17.4 Å². The number of fused-ring (bicyclic) bond motifs is 1. The average Bonchev–Trinajstić information content (AvgIpc) is 2.54. The summed E-state index contributed by atoms with van der Waals surface area (Å²) < 4.78 is 6.72. The highest BCUT2D eigenvalue weighted by molar-refractivity contribution is 5.97. The molecule has 0 atom stereocenters. The van der Waals surface area contributed by atoms with Crippen LogP contribution in [-0.2, 0) is 6.54 Å². The average molecular weight is 233 g/mol. The maximum Gasteiger partial charge on any atom is 0.365 e. The van der Waals surface area contributed by atoms with Crippen LogP contribution in [0.15, 0.2) is 27.5 Å². The number of hydrogen-bond acceptors (Lipinski definition) is 3. The second-order valence-corrected chi connectivity index (χ2v) is 4.62. The predicted molar refractivity (Wildman–Crippen MR) is 65.3 cm³/mol. The van der Waals surface area contributed by atoms with Crippen molar-refractivity contribution in [3.8, 4) is 0 Å². The van der Waals surface area contributed by atoms with Gasteiger partial charge in [0.2, 0.25) is 0 Å². The Morgan fingerprint density at radius 2 is 2.12 bits per heavy atom. The van der Waals surface area contributed by atoms with Crippen LogP contribution in [0.2, 0.25) is 0 Å². The van der Waals surface area contributed by atoms with Gasteiger partial charge in [0.1, 0.15) is 0 Å². The van der Waals surface area contributed by atoms with Gasteiger partial charge < -0.3 is 4.52 Å². The summed E-state index contributed by atoms with van der Waals surface area (Å²) in [6.45, 7) is 6.22. The van der Waals surface area contributed by atoms with Gasteiger partial charge in [-0.15, -0.1) is 0 Å². The van der Waals surface area contributed by atoms with Crippen LogP contribution in [0, 0.1) is 5.92 Å². The van der Waals surface area contributed by atoms with Crippen molar-refractivity contribution in [2.75, 3.05) is 0 Å². The molecule has 0 unspecified atom stereocenters. The summed E-state index contributed by atoms with van der Waals surface area (Å²) >= 11 is 0. The van der Waals surface area contributed by atoms with Crippen molar-refractivity contribution < 1.29 is 9.32 Å². The number of benzene rings is 1. The molecule has 17 heavy (non-hydrogen) atoms. The van der Waals surface area contributed by atoms with E-state index in [0.29, 0.717) is 28.9 Å². The number of carbonyl (C=O) groups excluding carboxylic acids is 1. The van der Waals surface area contributed by atoms with Crippen molar-refractivity contribution >= 4 is 16.7 Å². The molecule has 0 aliphatic heterocycles. The lowest BCUT2D eigenvalue weighted by molar-refractivity contribution is 0.101. The summed E-state index contributed by atoms with van der Waals surface area (Å²) in [7, 11) is 0. The highest BCUT2D eigenvalue weighted by atomic mass is 16.5. The maximum atomic E-state index is 11.6.